The summed E-state index contributed by atoms with van der Waals surface area (Å²) in [6, 6.07) is 0. The minimum Gasteiger partial charge on any atom is -1.00 e. The van der Waals surface area contributed by atoms with E-state index in [9.17, 15) is 9.13 Å². The quantitative estimate of drug-likeness (QED) is 0.283. The molecule has 12 heteroatoms. The van der Waals surface area contributed by atoms with Crippen LogP contribution in [0.4, 0.5) is 0 Å². The van der Waals surface area contributed by atoms with Crippen molar-refractivity contribution in [3.05, 3.63) is 0 Å². The molecule has 0 fully saturated rings. The maximum atomic E-state index is 9.63. The average molecular weight is 250 g/mol. The Hall–Kier alpha value is 3.26. The molecule has 0 atom stereocenters. The van der Waals surface area contributed by atoms with E-state index in [-0.39, 0.29) is 93.0 Å². The molecular weight excluding hydrogens is 243 g/mol. The average Bonchev–Trinajstić information content (AvgIpc) is 1.14. The zero-order valence-corrected chi connectivity index (χ0v) is 14.7. The Labute approximate surface area is 139 Å². The van der Waals surface area contributed by atoms with Crippen LogP contribution in [0.25, 0.3) is 0 Å². The van der Waals surface area contributed by atoms with Gasteiger partial charge in [0.25, 0.3) is 0 Å². The molecule has 0 saturated carbocycles. The Morgan fingerprint density at radius 3 is 1.00 bits per heavy atom. The van der Waals surface area contributed by atoms with Gasteiger partial charge in [0, 0.05) is 0 Å². The molecule has 62 valence electrons. The first-order valence-corrected chi connectivity index (χ1v) is 4.59. The van der Waals surface area contributed by atoms with Crippen molar-refractivity contribution >= 4 is 15.6 Å². The molecule has 0 aromatic heterocycles. The fraction of sp³-hybridized carbons (Fsp3) is 0. The Balaban J connectivity index is -0.0000000213. The first kappa shape index (κ1) is 24.5. The predicted octanol–water partition coefficient (Wildman–Crippen LogP) is -9.46. The molecule has 7 nitrogen and oxygen atoms in total. The van der Waals surface area contributed by atoms with Gasteiger partial charge in [-0.15, -0.1) is 0 Å². The minimum atomic E-state index is -5.05. The molecule has 0 heterocycles. The van der Waals surface area contributed by atoms with Gasteiger partial charge in [-0.05, 0) is 0 Å². The summed E-state index contributed by atoms with van der Waals surface area (Å²) in [6.45, 7) is 0. The normalized spacial score (nSPS) is 10.3. The van der Waals surface area contributed by atoms with Crippen molar-refractivity contribution in [2.75, 3.05) is 0 Å². The third-order valence-corrected chi connectivity index (χ3v) is 1.91. The Morgan fingerprint density at radius 1 is 0.833 bits per heavy atom. The van der Waals surface area contributed by atoms with Crippen LogP contribution in [-0.4, -0.2) is 19.6 Å². The maximum absolute atomic E-state index is 9.63. The van der Waals surface area contributed by atoms with Gasteiger partial charge in [-0.2, -0.15) is 4.31 Å². The molecule has 0 aliphatic rings. The van der Waals surface area contributed by atoms with Gasteiger partial charge in [0.2, 0.25) is 0 Å². The Morgan fingerprint density at radius 2 is 1.00 bits per heavy atom. The van der Waals surface area contributed by atoms with Gasteiger partial charge < -0.3 is 23.9 Å². The number of hydrogen-bond donors (Lipinski definition) is 4. The number of rotatable bonds is 2. The van der Waals surface area contributed by atoms with Gasteiger partial charge in [-0.25, -0.2) is 9.13 Å². The summed E-state index contributed by atoms with van der Waals surface area (Å²) in [4.78, 5) is 31.0. The summed E-state index contributed by atoms with van der Waals surface area (Å²) >= 11 is 0. The van der Waals surface area contributed by atoms with Crippen molar-refractivity contribution in [2.45, 2.75) is 0 Å². The van der Waals surface area contributed by atoms with Crippen LogP contribution in [0.15, 0.2) is 0 Å². The molecule has 0 spiro atoms. The fourth-order valence-corrected chi connectivity index (χ4v) is 1.25. The van der Waals surface area contributed by atoms with E-state index in [1.165, 1.54) is 0 Å². The van der Waals surface area contributed by atoms with Crippen molar-refractivity contribution in [3.8, 4) is 0 Å². The molecule has 0 amide bonds. The SMILES string of the molecule is O=P(O)(O)OP(=O)(O)O.[H-].[H-].[H-].[Na+].[Na+].[Na+]. The third-order valence-electron chi connectivity index (χ3n) is 0.213. The van der Waals surface area contributed by atoms with Gasteiger partial charge >= 0.3 is 104 Å². The molecule has 0 saturated heterocycles. The van der Waals surface area contributed by atoms with Crippen molar-refractivity contribution in [1.82, 2.24) is 0 Å². The van der Waals surface area contributed by atoms with E-state index in [0.29, 0.717) is 0 Å². The topological polar surface area (TPSA) is 124 Å². The van der Waals surface area contributed by atoms with Gasteiger partial charge in [0.05, 0.1) is 0 Å². The summed E-state index contributed by atoms with van der Waals surface area (Å²) in [6.07, 6.45) is 0. The Bertz CT molecular complexity index is 168. The summed E-state index contributed by atoms with van der Waals surface area (Å²) in [5.41, 5.74) is 0. The van der Waals surface area contributed by atoms with Crippen LogP contribution in [0.1, 0.15) is 4.28 Å². The second kappa shape index (κ2) is 9.48. The molecule has 0 radical (unpaired) electrons. The minimum absolute atomic E-state index is 0. The van der Waals surface area contributed by atoms with Crippen LogP contribution < -0.4 is 88.7 Å². The molecule has 0 unspecified atom stereocenters. The standard InChI is InChI=1S/3Na.H4O7P2.3H/c;;;1-8(2,3)7-9(4,5)6;;;/h;;;(H2,1,2,3)(H2,4,5,6);;;/q3*+1;;3*-1. The van der Waals surface area contributed by atoms with E-state index in [2.05, 4.69) is 4.31 Å². The molecule has 0 aromatic rings. The van der Waals surface area contributed by atoms with Crippen LogP contribution in [0, 0.1) is 0 Å². The molecule has 0 aromatic carbocycles. The van der Waals surface area contributed by atoms with E-state index in [1.807, 2.05) is 0 Å². The smallest absolute Gasteiger partial charge is 1.00 e. The van der Waals surface area contributed by atoms with Crippen LogP contribution in [0.3, 0.4) is 0 Å². The van der Waals surface area contributed by atoms with Crippen molar-refractivity contribution < 1.29 is 126 Å². The number of hydrogen-bond acceptors (Lipinski definition) is 3. The molecule has 0 aliphatic carbocycles. The zero-order chi connectivity index (χ0) is 7.71. The Kier molecular flexibility index (Phi) is 19.3. The summed E-state index contributed by atoms with van der Waals surface area (Å²) in [5, 5.41) is 0. The second-order valence-corrected chi connectivity index (χ2v) is 3.68. The van der Waals surface area contributed by atoms with E-state index in [1.54, 1.807) is 0 Å². The molecule has 0 rings (SSSR count). The van der Waals surface area contributed by atoms with Gasteiger partial charge in [0.15, 0.2) is 0 Å². The van der Waals surface area contributed by atoms with Gasteiger partial charge in [-0.1, -0.05) is 0 Å². The molecule has 0 aliphatic heterocycles. The van der Waals surface area contributed by atoms with Crippen LogP contribution >= 0.6 is 15.6 Å². The second-order valence-electron chi connectivity index (χ2n) is 1.06. The zero-order valence-electron chi connectivity index (χ0n) is 9.91. The molecule has 4 N–H and O–H groups in total. The van der Waals surface area contributed by atoms with E-state index >= 15 is 0 Å². The summed E-state index contributed by atoms with van der Waals surface area (Å²) in [5.74, 6) is 0. The largest absolute Gasteiger partial charge is 1.00 e. The fourth-order valence-electron chi connectivity index (χ4n) is 0.139. The summed E-state index contributed by atoms with van der Waals surface area (Å²) < 4.78 is 22.2. The molecular formula is H7Na3O7P2. The van der Waals surface area contributed by atoms with E-state index in [0.717, 1.165) is 0 Å². The van der Waals surface area contributed by atoms with Crippen LogP contribution in [-0.2, 0) is 13.4 Å². The van der Waals surface area contributed by atoms with Gasteiger partial charge in [0.1, 0.15) is 0 Å². The van der Waals surface area contributed by atoms with Crippen LogP contribution in [0.2, 0.25) is 0 Å². The molecule has 0 bridgehead atoms. The third kappa shape index (κ3) is 23.2. The van der Waals surface area contributed by atoms with E-state index < -0.39 is 15.6 Å². The molecule has 12 heavy (non-hydrogen) atoms. The summed E-state index contributed by atoms with van der Waals surface area (Å²) in [7, 11) is -10.1. The van der Waals surface area contributed by atoms with Crippen molar-refractivity contribution in [3.63, 3.8) is 0 Å². The van der Waals surface area contributed by atoms with E-state index in [4.69, 9.17) is 19.6 Å². The maximum Gasteiger partial charge on any atom is 1.00 e. The monoisotopic (exact) mass is 250 g/mol. The van der Waals surface area contributed by atoms with Gasteiger partial charge in [-0.3, -0.25) is 0 Å². The van der Waals surface area contributed by atoms with Crippen molar-refractivity contribution in [2.24, 2.45) is 0 Å². The predicted molar refractivity (Wildman–Crippen MR) is 28.5 cm³/mol. The van der Waals surface area contributed by atoms with Crippen LogP contribution in [0.5, 0.6) is 0 Å². The first-order valence-electron chi connectivity index (χ1n) is 1.53. The number of phosphoric acid groups is 2. The van der Waals surface area contributed by atoms with Crippen molar-refractivity contribution in [1.29, 1.82) is 0 Å². The first-order chi connectivity index (χ1) is 3.71.